The Morgan fingerprint density at radius 1 is 1.50 bits per heavy atom. The largest absolute Gasteiger partial charge is 0.324 e. The summed E-state index contributed by atoms with van der Waals surface area (Å²) in [4.78, 5) is 18.7. The molecule has 0 saturated heterocycles. The molecule has 2 rings (SSSR count). The second-order valence-electron chi connectivity index (χ2n) is 4.66. The Labute approximate surface area is 82.6 Å². The van der Waals surface area contributed by atoms with Crippen molar-refractivity contribution in [3.63, 3.8) is 0 Å². The Kier molecular flexibility index (Phi) is 1.96. The summed E-state index contributed by atoms with van der Waals surface area (Å²) in [5.74, 6) is 0.589. The van der Waals surface area contributed by atoms with Crippen LogP contribution in [0.25, 0.3) is 0 Å². The van der Waals surface area contributed by atoms with Crippen molar-refractivity contribution in [2.75, 3.05) is 0 Å². The molecule has 14 heavy (non-hydrogen) atoms. The predicted molar refractivity (Wildman–Crippen MR) is 53.9 cm³/mol. The van der Waals surface area contributed by atoms with E-state index in [0.717, 1.165) is 24.1 Å². The highest BCUT2D eigenvalue weighted by Gasteiger charge is 2.31. The zero-order valence-corrected chi connectivity index (χ0v) is 8.55. The summed E-state index contributed by atoms with van der Waals surface area (Å²) in [5, 5.41) is 0. The molecule has 4 nitrogen and oxygen atoms in total. The molecule has 0 atom stereocenters. The van der Waals surface area contributed by atoms with Crippen LogP contribution in [-0.4, -0.2) is 9.97 Å². The molecule has 76 valence electrons. The van der Waals surface area contributed by atoms with Crippen LogP contribution >= 0.6 is 0 Å². The van der Waals surface area contributed by atoms with Gasteiger partial charge in [0.1, 0.15) is 5.82 Å². The van der Waals surface area contributed by atoms with Gasteiger partial charge in [-0.3, -0.25) is 4.79 Å². The summed E-state index contributed by atoms with van der Waals surface area (Å²) >= 11 is 0. The fourth-order valence-electron chi connectivity index (χ4n) is 2.02. The average Bonchev–Trinajstić information content (AvgIpc) is 2.40. The van der Waals surface area contributed by atoms with E-state index in [2.05, 4.69) is 23.8 Å². The Balaban J connectivity index is 2.53. The van der Waals surface area contributed by atoms with E-state index < -0.39 is 0 Å². The van der Waals surface area contributed by atoms with E-state index in [1.165, 1.54) is 0 Å². The molecule has 4 heteroatoms. The van der Waals surface area contributed by atoms with Gasteiger partial charge in [-0.2, -0.15) is 0 Å². The van der Waals surface area contributed by atoms with Crippen LogP contribution in [0.3, 0.4) is 0 Å². The minimum absolute atomic E-state index is 0.0129. The van der Waals surface area contributed by atoms with Gasteiger partial charge in [0.2, 0.25) is 0 Å². The second-order valence-corrected chi connectivity index (χ2v) is 4.66. The van der Waals surface area contributed by atoms with Crippen LogP contribution in [0, 0.1) is 5.41 Å². The third kappa shape index (κ3) is 1.46. The zero-order valence-electron chi connectivity index (χ0n) is 8.55. The molecule has 0 spiro atoms. The molecule has 1 heterocycles. The minimum atomic E-state index is -0.0129. The van der Waals surface area contributed by atoms with Crippen LogP contribution in [0.2, 0.25) is 0 Å². The van der Waals surface area contributed by atoms with Crippen molar-refractivity contribution in [3.05, 3.63) is 27.4 Å². The average molecular weight is 193 g/mol. The second kappa shape index (κ2) is 2.92. The lowest BCUT2D eigenvalue weighted by Crippen LogP contribution is -2.19. The van der Waals surface area contributed by atoms with E-state index in [1.54, 1.807) is 0 Å². The molecule has 1 aromatic heterocycles. The van der Waals surface area contributed by atoms with Crippen LogP contribution in [0.5, 0.6) is 0 Å². The van der Waals surface area contributed by atoms with Crippen LogP contribution in [0.4, 0.5) is 0 Å². The number of nitrogens with zero attached hydrogens (tertiary/aromatic N) is 1. The van der Waals surface area contributed by atoms with Crippen molar-refractivity contribution >= 4 is 0 Å². The highest BCUT2D eigenvalue weighted by atomic mass is 16.1. The van der Waals surface area contributed by atoms with E-state index in [4.69, 9.17) is 5.73 Å². The van der Waals surface area contributed by atoms with Gasteiger partial charge in [-0.05, 0) is 18.3 Å². The van der Waals surface area contributed by atoms with Gasteiger partial charge in [0.25, 0.3) is 5.56 Å². The summed E-state index contributed by atoms with van der Waals surface area (Å²) in [7, 11) is 0. The van der Waals surface area contributed by atoms with Crippen molar-refractivity contribution in [2.24, 2.45) is 11.1 Å². The van der Waals surface area contributed by atoms with Gasteiger partial charge in [-0.1, -0.05) is 13.8 Å². The lowest BCUT2D eigenvalue weighted by atomic mass is 9.91. The van der Waals surface area contributed by atoms with E-state index >= 15 is 0 Å². The van der Waals surface area contributed by atoms with Gasteiger partial charge in [-0.15, -0.1) is 0 Å². The van der Waals surface area contributed by atoms with Gasteiger partial charge in [-0.25, -0.2) is 4.98 Å². The molecule has 0 bridgehead atoms. The molecule has 0 aliphatic heterocycles. The number of nitrogens with one attached hydrogen (secondary N) is 1. The van der Waals surface area contributed by atoms with Crippen molar-refractivity contribution in [2.45, 2.75) is 33.2 Å². The molecular weight excluding hydrogens is 178 g/mol. The Morgan fingerprint density at radius 3 is 2.86 bits per heavy atom. The number of rotatable bonds is 1. The minimum Gasteiger partial charge on any atom is -0.324 e. The normalized spacial score (nSPS) is 18.2. The summed E-state index contributed by atoms with van der Waals surface area (Å²) < 4.78 is 0. The molecule has 1 aliphatic carbocycles. The SMILES string of the molecule is CC1(C)Cc2nc(CN)[nH]c(=O)c2C1. The summed E-state index contributed by atoms with van der Waals surface area (Å²) in [6.45, 7) is 4.59. The van der Waals surface area contributed by atoms with Crippen molar-refractivity contribution in [1.82, 2.24) is 9.97 Å². The Bertz CT molecular complexity index is 420. The quantitative estimate of drug-likeness (QED) is 0.676. The summed E-state index contributed by atoms with van der Waals surface area (Å²) in [6, 6.07) is 0. The number of hydrogen-bond donors (Lipinski definition) is 2. The fraction of sp³-hybridized carbons (Fsp3) is 0.600. The first-order valence-electron chi connectivity index (χ1n) is 4.83. The first kappa shape index (κ1) is 9.40. The first-order valence-corrected chi connectivity index (χ1v) is 4.83. The maximum atomic E-state index is 11.6. The Morgan fingerprint density at radius 2 is 2.21 bits per heavy atom. The third-order valence-electron chi connectivity index (χ3n) is 2.64. The third-order valence-corrected chi connectivity index (χ3v) is 2.64. The number of hydrogen-bond acceptors (Lipinski definition) is 3. The van der Waals surface area contributed by atoms with Gasteiger partial charge in [0.15, 0.2) is 0 Å². The van der Waals surface area contributed by atoms with Crippen LogP contribution < -0.4 is 11.3 Å². The monoisotopic (exact) mass is 193 g/mol. The number of aromatic nitrogens is 2. The molecule has 0 amide bonds. The van der Waals surface area contributed by atoms with E-state index in [1.807, 2.05) is 0 Å². The van der Waals surface area contributed by atoms with Crippen molar-refractivity contribution in [1.29, 1.82) is 0 Å². The standard InChI is InChI=1S/C10H15N3O/c1-10(2)3-6-7(4-10)12-8(5-11)13-9(6)14/h3-5,11H2,1-2H3,(H,12,13,14). The molecule has 3 N–H and O–H groups in total. The number of fused-ring (bicyclic) bond motifs is 1. The van der Waals surface area contributed by atoms with E-state index in [-0.39, 0.29) is 11.0 Å². The smallest absolute Gasteiger partial charge is 0.254 e. The van der Waals surface area contributed by atoms with Crippen LogP contribution in [0.1, 0.15) is 30.9 Å². The molecule has 0 radical (unpaired) electrons. The number of H-pyrrole nitrogens is 1. The lowest BCUT2D eigenvalue weighted by molar-refractivity contribution is 0.390. The molecule has 0 aromatic carbocycles. The van der Waals surface area contributed by atoms with Gasteiger partial charge < -0.3 is 10.7 Å². The molecule has 1 aliphatic rings. The van der Waals surface area contributed by atoms with E-state index in [0.29, 0.717) is 12.4 Å². The van der Waals surface area contributed by atoms with Gasteiger partial charge >= 0.3 is 0 Å². The van der Waals surface area contributed by atoms with Crippen LogP contribution in [0.15, 0.2) is 4.79 Å². The molecule has 1 aromatic rings. The predicted octanol–water partition coefficient (Wildman–Crippen LogP) is 0.353. The highest BCUT2D eigenvalue weighted by molar-refractivity contribution is 5.26. The van der Waals surface area contributed by atoms with E-state index in [9.17, 15) is 4.79 Å². The zero-order chi connectivity index (χ0) is 10.3. The fourth-order valence-corrected chi connectivity index (χ4v) is 2.02. The molecular formula is C10H15N3O. The lowest BCUT2D eigenvalue weighted by Gasteiger charge is -2.13. The van der Waals surface area contributed by atoms with Crippen molar-refractivity contribution in [3.8, 4) is 0 Å². The maximum Gasteiger partial charge on any atom is 0.254 e. The number of aromatic amines is 1. The highest BCUT2D eigenvalue weighted by Crippen LogP contribution is 2.32. The molecule has 0 fully saturated rings. The first-order chi connectivity index (χ1) is 6.52. The summed E-state index contributed by atoms with van der Waals surface area (Å²) in [5.41, 5.74) is 7.37. The maximum absolute atomic E-state index is 11.6. The van der Waals surface area contributed by atoms with Crippen LogP contribution in [-0.2, 0) is 19.4 Å². The molecule has 0 saturated carbocycles. The van der Waals surface area contributed by atoms with Gasteiger partial charge in [0.05, 0.1) is 12.2 Å². The summed E-state index contributed by atoms with van der Waals surface area (Å²) in [6.07, 6.45) is 1.69. The molecule has 0 unspecified atom stereocenters. The van der Waals surface area contributed by atoms with Gasteiger partial charge in [0, 0.05) is 5.56 Å². The Hall–Kier alpha value is -1.16. The van der Waals surface area contributed by atoms with Crippen molar-refractivity contribution < 1.29 is 0 Å². The topological polar surface area (TPSA) is 71.8 Å². The number of nitrogens with two attached hydrogens (primary N) is 1.